The number of methoxy groups -OCH3 is 1. The second-order valence-electron chi connectivity index (χ2n) is 5.27. The molecule has 4 heteroatoms. The van der Waals surface area contributed by atoms with Gasteiger partial charge in [0, 0.05) is 25.8 Å². The van der Waals surface area contributed by atoms with Crippen LogP contribution in [-0.2, 0) is 9.53 Å². The molecule has 1 aliphatic rings. The van der Waals surface area contributed by atoms with Crippen molar-refractivity contribution < 1.29 is 9.53 Å². The fourth-order valence-electron chi connectivity index (χ4n) is 2.90. The molecule has 1 N–H and O–H groups in total. The lowest BCUT2D eigenvalue weighted by Crippen LogP contribution is -2.28. The zero-order valence-electron chi connectivity index (χ0n) is 12.1. The molecule has 0 bridgehead atoms. The Balaban J connectivity index is 2.51. The topological polar surface area (TPSA) is 41.6 Å². The van der Waals surface area contributed by atoms with E-state index in [0.29, 0.717) is 6.04 Å². The molecule has 4 nitrogen and oxygen atoms in total. The molecule has 0 aliphatic heterocycles. The minimum absolute atomic E-state index is 0.0366. The summed E-state index contributed by atoms with van der Waals surface area (Å²) in [6, 6.07) is 6.37. The minimum Gasteiger partial charge on any atom is -0.377 e. The van der Waals surface area contributed by atoms with E-state index in [1.165, 1.54) is 11.1 Å². The lowest BCUT2D eigenvalue weighted by molar-refractivity contribution is -0.114. The number of ether oxygens (including phenoxy) is 1. The van der Waals surface area contributed by atoms with Gasteiger partial charge >= 0.3 is 0 Å². The molecule has 0 saturated carbocycles. The molecule has 1 aromatic carbocycles. The summed E-state index contributed by atoms with van der Waals surface area (Å²) in [6.07, 6.45) is 2.17. The Kier molecular flexibility index (Phi) is 4.22. The van der Waals surface area contributed by atoms with Crippen molar-refractivity contribution in [3.63, 3.8) is 0 Å². The zero-order chi connectivity index (χ0) is 14.0. The smallest absolute Gasteiger partial charge is 0.221 e. The monoisotopic (exact) mass is 262 g/mol. The fourth-order valence-corrected chi connectivity index (χ4v) is 2.90. The highest BCUT2D eigenvalue weighted by molar-refractivity contribution is 5.90. The summed E-state index contributed by atoms with van der Waals surface area (Å²) < 4.78 is 5.57. The summed E-state index contributed by atoms with van der Waals surface area (Å²) in [5.74, 6) is -0.0366. The van der Waals surface area contributed by atoms with Gasteiger partial charge in [0.1, 0.15) is 0 Å². The molecule has 0 saturated heterocycles. The lowest BCUT2D eigenvalue weighted by Gasteiger charge is -2.36. The van der Waals surface area contributed by atoms with E-state index < -0.39 is 0 Å². The van der Waals surface area contributed by atoms with E-state index in [9.17, 15) is 4.79 Å². The maximum Gasteiger partial charge on any atom is 0.221 e. The third-order valence-electron chi connectivity index (χ3n) is 3.74. The average Bonchev–Trinajstić information content (AvgIpc) is 2.36. The highest BCUT2D eigenvalue weighted by Gasteiger charge is 2.30. The molecule has 2 unspecified atom stereocenters. The molecule has 1 amide bonds. The van der Waals surface area contributed by atoms with Gasteiger partial charge in [0.05, 0.1) is 6.10 Å². The van der Waals surface area contributed by atoms with E-state index in [-0.39, 0.29) is 12.0 Å². The van der Waals surface area contributed by atoms with E-state index in [1.54, 1.807) is 14.0 Å². The number of nitrogens with one attached hydrogen (secondary N) is 1. The number of carbonyl (C=O) groups is 1. The Bertz CT molecular complexity index is 471. The molecular formula is C15H22N2O2. The van der Waals surface area contributed by atoms with Gasteiger partial charge in [-0.1, -0.05) is 12.1 Å². The number of hydrogen-bond donors (Lipinski definition) is 1. The normalized spacial score (nSPS) is 22.2. The van der Waals surface area contributed by atoms with Gasteiger partial charge in [-0.15, -0.1) is 0 Å². The fraction of sp³-hybridized carbons (Fsp3) is 0.533. The average molecular weight is 262 g/mol. The van der Waals surface area contributed by atoms with Crippen LogP contribution < -0.4 is 5.32 Å². The second-order valence-corrected chi connectivity index (χ2v) is 5.27. The molecule has 19 heavy (non-hydrogen) atoms. The van der Waals surface area contributed by atoms with Crippen LogP contribution in [0.2, 0.25) is 0 Å². The van der Waals surface area contributed by atoms with Gasteiger partial charge in [0.15, 0.2) is 0 Å². The predicted molar refractivity (Wildman–Crippen MR) is 76.2 cm³/mol. The summed E-state index contributed by atoms with van der Waals surface area (Å²) in [4.78, 5) is 13.6. The number of rotatable bonds is 3. The predicted octanol–water partition coefficient (Wildman–Crippen LogP) is 2.73. The van der Waals surface area contributed by atoms with Crippen molar-refractivity contribution in [3.8, 4) is 0 Å². The second kappa shape index (κ2) is 5.72. The zero-order valence-corrected chi connectivity index (χ0v) is 12.1. The number of carbonyl (C=O) groups excluding carboxylic acids is 1. The van der Waals surface area contributed by atoms with Crippen LogP contribution in [0.4, 0.5) is 5.69 Å². The summed E-state index contributed by atoms with van der Waals surface area (Å²) >= 11 is 0. The molecule has 0 heterocycles. The first-order valence-corrected chi connectivity index (χ1v) is 6.64. The van der Waals surface area contributed by atoms with Gasteiger partial charge in [0.25, 0.3) is 0 Å². The van der Waals surface area contributed by atoms with Crippen LogP contribution in [0, 0.1) is 0 Å². The van der Waals surface area contributed by atoms with Crippen molar-refractivity contribution in [3.05, 3.63) is 29.3 Å². The first-order valence-electron chi connectivity index (χ1n) is 6.64. The molecular weight excluding hydrogens is 240 g/mol. The van der Waals surface area contributed by atoms with Gasteiger partial charge in [0.2, 0.25) is 5.91 Å². The quantitative estimate of drug-likeness (QED) is 0.910. The van der Waals surface area contributed by atoms with Gasteiger partial charge in [-0.25, -0.2) is 0 Å². The van der Waals surface area contributed by atoms with Crippen LogP contribution in [0.1, 0.15) is 43.0 Å². The Hall–Kier alpha value is -1.39. The van der Waals surface area contributed by atoms with Gasteiger partial charge < -0.3 is 15.0 Å². The van der Waals surface area contributed by atoms with Crippen molar-refractivity contribution in [2.24, 2.45) is 0 Å². The highest BCUT2D eigenvalue weighted by atomic mass is 16.5. The van der Waals surface area contributed by atoms with Crippen LogP contribution in [-0.4, -0.2) is 32.0 Å². The molecule has 2 atom stereocenters. The summed E-state index contributed by atoms with van der Waals surface area (Å²) in [5.41, 5.74) is 3.30. The van der Waals surface area contributed by atoms with Gasteiger partial charge in [-0.3, -0.25) is 4.79 Å². The van der Waals surface area contributed by atoms with Crippen LogP contribution >= 0.6 is 0 Å². The number of anilines is 1. The van der Waals surface area contributed by atoms with Crippen LogP contribution in [0.5, 0.6) is 0 Å². The van der Waals surface area contributed by atoms with Crippen molar-refractivity contribution in [2.75, 3.05) is 26.5 Å². The molecule has 0 spiro atoms. The van der Waals surface area contributed by atoms with Crippen molar-refractivity contribution in [1.82, 2.24) is 4.90 Å². The van der Waals surface area contributed by atoms with Crippen LogP contribution in [0.15, 0.2) is 18.2 Å². The molecule has 0 fully saturated rings. The number of hydrogen-bond acceptors (Lipinski definition) is 3. The first kappa shape index (κ1) is 14.0. The number of amides is 1. The van der Waals surface area contributed by atoms with E-state index in [4.69, 9.17) is 4.74 Å². The van der Waals surface area contributed by atoms with Crippen LogP contribution in [0.25, 0.3) is 0 Å². The summed E-state index contributed by atoms with van der Waals surface area (Å²) in [6.45, 7) is 1.54. The molecule has 0 aromatic heterocycles. The van der Waals surface area contributed by atoms with Crippen LogP contribution in [0.3, 0.4) is 0 Å². The Labute approximate surface area is 114 Å². The standard InChI is InChI=1S/C15H22N2O2/c1-10(18)16-12-7-5-6-11-14(19-4)9-8-13(15(11)12)17(2)3/h5-7,13-14H,8-9H2,1-4H3,(H,16,18). The molecule has 104 valence electrons. The first-order chi connectivity index (χ1) is 9.04. The Morgan fingerprint density at radius 3 is 2.68 bits per heavy atom. The third kappa shape index (κ3) is 2.80. The van der Waals surface area contributed by atoms with E-state index in [0.717, 1.165) is 18.5 Å². The highest BCUT2D eigenvalue weighted by Crippen LogP contribution is 2.43. The van der Waals surface area contributed by atoms with Gasteiger partial charge in [-0.05, 0) is 44.1 Å². The van der Waals surface area contributed by atoms with E-state index >= 15 is 0 Å². The van der Waals surface area contributed by atoms with E-state index in [1.807, 2.05) is 12.1 Å². The number of benzene rings is 1. The summed E-state index contributed by atoms with van der Waals surface area (Å²) in [5, 5.41) is 2.94. The molecule has 1 aliphatic carbocycles. The maximum absolute atomic E-state index is 11.4. The number of fused-ring (bicyclic) bond motifs is 1. The lowest BCUT2D eigenvalue weighted by atomic mass is 9.84. The van der Waals surface area contributed by atoms with Crippen molar-refractivity contribution >= 4 is 11.6 Å². The molecule has 2 rings (SSSR count). The van der Waals surface area contributed by atoms with Crippen molar-refractivity contribution in [1.29, 1.82) is 0 Å². The maximum atomic E-state index is 11.4. The SMILES string of the molecule is COC1CCC(N(C)C)c2c(NC(C)=O)cccc21. The molecule has 1 aromatic rings. The largest absolute Gasteiger partial charge is 0.377 e. The molecule has 0 radical (unpaired) electrons. The third-order valence-corrected chi connectivity index (χ3v) is 3.74. The Morgan fingerprint density at radius 2 is 2.11 bits per heavy atom. The van der Waals surface area contributed by atoms with E-state index in [2.05, 4.69) is 30.4 Å². The van der Waals surface area contributed by atoms with Crippen molar-refractivity contribution in [2.45, 2.75) is 31.9 Å². The summed E-state index contributed by atoms with van der Waals surface area (Å²) in [7, 11) is 5.90. The Morgan fingerprint density at radius 1 is 1.37 bits per heavy atom. The minimum atomic E-state index is -0.0366. The number of nitrogens with zero attached hydrogens (tertiary/aromatic N) is 1. The van der Waals surface area contributed by atoms with Gasteiger partial charge in [-0.2, -0.15) is 0 Å².